The van der Waals surface area contributed by atoms with Crippen LogP contribution in [0.3, 0.4) is 0 Å². The average Bonchev–Trinajstić information content (AvgIpc) is 3.21. The topological polar surface area (TPSA) is 43.4 Å². The second kappa shape index (κ2) is 9.58. The van der Waals surface area contributed by atoms with Gasteiger partial charge >= 0.3 is 213 Å². The van der Waals surface area contributed by atoms with Gasteiger partial charge in [-0.05, 0) is 0 Å². The van der Waals surface area contributed by atoms with Crippen LogP contribution in [0.2, 0.25) is 0 Å². The molecule has 1 unspecified atom stereocenters. The van der Waals surface area contributed by atoms with Crippen LogP contribution in [-0.4, -0.2) is 23.3 Å². The summed E-state index contributed by atoms with van der Waals surface area (Å²) in [4.78, 5) is 27.4. The minimum atomic E-state index is -3.83. The number of benzene rings is 4. The van der Waals surface area contributed by atoms with Gasteiger partial charge in [0.05, 0.1) is 0 Å². The first kappa shape index (κ1) is 24.3. The van der Waals surface area contributed by atoms with E-state index in [1.165, 1.54) is 0 Å². The van der Waals surface area contributed by atoms with Gasteiger partial charge in [-0.15, -0.1) is 0 Å². The summed E-state index contributed by atoms with van der Waals surface area (Å²) >= 11 is 0. The van der Waals surface area contributed by atoms with Crippen LogP contribution in [-0.2, 0) is 9.32 Å². The Balaban J connectivity index is 1.83. The Morgan fingerprint density at radius 3 is 1.44 bits per heavy atom. The van der Waals surface area contributed by atoms with E-state index in [4.69, 9.17) is 4.52 Å². The predicted molar refractivity (Wildman–Crippen MR) is 149 cm³/mol. The minimum absolute atomic E-state index is 0.0370. The third-order valence-corrected chi connectivity index (χ3v) is 14.2. The molecule has 3 nitrogen and oxygen atoms in total. The van der Waals surface area contributed by atoms with Crippen molar-refractivity contribution in [2.24, 2.45) is 5.92 Å². The van der Waals surface area contributed by atoms with Crippen molar-refractivity contribution in [3.8, 4) is 0 Å². The summed E-state index contributed by atoms with van der Waals surface area (Å²) < 4.78 is 7.38. The third-order valence-electron chi connectivity index (χ3n) is 7.66. The van der Waals surface area contributed by atoms with E-state index in [-0.39, 0.29) is 30.0 Å². The Bertz CT molecular complexity index is 1250. The first-order valence-corrected chi connectivity index (χ1v) is 14.7. The number of carbonyl (C=O) groups is 2. The van der Waals surface area contributed by atoms with E-state index < -0.39 is 12.5 Å². The molecule has 0 aliphatic carbocycles. The van der Waals surface area contributed by atoms with Crippen molar-refractivity contribution in [1.82, 2.24) is 0 Å². The van der Waals surface area contributed by atoms with Crippen LogP contribution in [0, 0.1) is 5.92 Å². The maximum absolute atomic E-state index is 13.9. The number of hydrogen-bond acceptors (Lipinski definition) is 3. The second-order valence-corrected chi connectivity index (χ2v) is 14.2. The number of ketones is 2. The van der Waals surface area contributed by atoms with E-state index >= 15 is 0 Å². The Hall–Kier alpha value is -3.39. The molecule has 4 aromatic rings. The molecule has 1 fully saturated rings. The summed E-state index contributed by atoms with van der Waals surface area (Å²) in [6.07, 6.45) is -0.0512. The number of Topliss-reactive ketones (excluding diaryl/α,β-unsaturated/α-hetero) is 2. The average molecular weight is 495 g/mol. The van der Waals surface area contributed by atoms with Crippen LogP contribution in [0.25, 0.3) is 0 Å². The molecule has 0 N–H and O–H groups in total. The third kappa shape index (κ3) is 3.58. The molecule has 182 valence electrons. The van der Waals surface area contributed by atoms with Gasteiger partial charge in [0.15, 0.2) is 0 Å². The van der Waals surface area contributed by atoms with E-state index in [9.17, 15) is 9.59 Å². The molecule has 4 heteroatoms. The Morgan fingerprint density at radius 1 is 0.667 bits per heavy atom. The monoisotopic (exact) mass is 494 g/mol. The predicted octanol–water partition coefficient (Wildman–Crippen LogP) is 5.70. The zero-order chi connectivity index (χ0) is 25.2. The van der Waals surface area contributed by atoms with Crippen LogP contribution >= 0.6 is 6.83 Å². The molecule has 0 amide bonds. The fourth-order valence-corrected chi connectivity index (χ4v) is 13.5. The summed E-state index contributed by atoms with van der Waals surface area (Å²) in [5.74, 6) is -0.178. The molecule has 3 atom stereocenters. The SMILES string of the molecule is CC(=O)C1[C@@H](CC(=O)c2ccccc2)[C@@H](C)OP1(c1ccccc1)(c1ccccc1)c1ccccc1. The van der Waals surface area contributed by atoms with Crippen molar-refractivity contribution in [1.29, 1.82) is 0 Å². The Kier molecular flexibility index (Phi) is 6.47. The molecule has 0 spiro atoms. The standard InChI is InChI=1S/C32H31O3P/c1-24(33)32-30(23-31(34)26-15-7-3-8-16-26)25(2)35-36(32,27-17-9-4-10-18-27,28-19-11-5-12-20-28)29-21-13-6-14-22-29/h3-22,25,30,32H,23H2,1-2H3/t25-,30+,32?/m1/s1. The summed E-state index contributed by atoms with van der Waals surface area (Å²) in [5, 5.41) is 3.05. The summed E-state index contributed by atoms with van der Waals surface area (Å²) in [6.45, 7) is -0.131. The van der Waals surface area contributed by atoms with Crippen LogP contribution in [0.1, 0.15) is 30.6 Å². The van der Waals surface area contributed by atoms with E-state index in [1.807, 2.05) is 91.9 Å². The fraction of sp³-hybridized carbons (Fsp3) is 0.188. The Morgan fingerprint density at radius 2 is 1.06 bits per heavy atom. The van der Waals surface area contributed by atoms with Crippen molar-refractivity contribution >= 4 is 34.3 Å². The first-order chi connectivity index (χ1) is 17.5. The molecule has 5 rings (SSSR count). The molecule has 1 saturated heterocycles. The van der Waals surface area contributed by atoms with Crippen LogP contribution in [0.15, 0.2) is 121 Å². The molecule has 1 aliphatic heterocycles. The number of hydrogen-bond donors (Lipinski definition) is 0. The number of carbonyl (C=O) groups excluding carboxylic acids is 2. The van der Waals surface area contributed by atoms with Gasteiger partial charge in [0, 0.05) is 0 Å². The van der Waals surface area contributed by atoms with E-state index in [0.717, 1.165) is 15.9 Å². The molecular formula is C32H31O3P. The molecule has 0 aromatic heterocycles. The van der Waals surface area contributed by atoms with Crippen LogP contribution < -0.4 is 15.9 Å². The van der Waals surface area contributed by atoms with E-state index in [0.29, 0.717) is 5.56 Å². The Labute approximate surface area is 213 Å². The fourth-order valence-electron chi connectivity index (χ4n) is 6.28. The summed E-state index contributed by atoms with van der Waals surface area (Å²) in [5.41, 5.74) is 0.171. The molecular weight excluding hydrogens is 463 g/mol. The molecule has 36 heavy (non-hydrogen) atoms. The van der Waals surface area contributed by atoms with Gasteiger partial charge < -0.3 is 0 Å². The molecule has 1 aliphatic rings. The van der Waals surface area contributed by atoms with Gasteiger partial charge in [0.1, 0.15) is 0 Å². The van der Waals surface area contributed by atoms with Gasteiger partial charge in [0.25, 0.3) is 0 Å². The normalized spacial score (nSPS) is 23.3. The first-order valence-electron chi connectivity index (χ1n) is 12.4. The van der Waals surface area contributed by atoms with Gasteiger partial charge in [-0.25, -0.2) is 0 Å². The van der Waals surface area contributed by atoms with Gasteiger partial charge in [0.2, 0.25) is 0 Å². The number of rotatable bonds is 7. The van der Waals surface area contributed by atoms with Crippen molar-refractivity contribution in [2.75, 3.05) is 0 Å². The van der Waals surface area contributed by atoms with Crippen molar-refractivity contribution in [3.63, 3.8) is 0 Å². The van der Waals surface area contributed by atoms with Crippen molar-refractivity contribution in [3.05, 3.63) is 127 Å². The molecule has 1 heterocycles. The van der Waals surface area contributed by atoms with Gasteiger partial charge in [-0.2, -0.15) is 0 Å². The van der Waals surface area contributed by atoms with Crippen molar-refractivity contribution in [2.45, 2.75) is 32.0 Å². The van der Waals surface area contributed by atoms with Crippen molar-refractivity contribution < 1.29 is 14.1 Å². The second-order valence-electron chi connectivity index (χ2n) is 9.63. The zero-order valence-corrected chi connectivity index (χ0v) is 21.6. The molecule has 0 saturated carbocycles. The zero-order valence-electron chi connectivity index (χ0n) is 20.7. The summed E-state index contributed by atoms with van der Waals surface area (Å²) in [6, 6.07) is 40.0. The maximum atomic E-state index is 13.9. The molecule has 4 aromatic carbocycles. The van der Waals surface area contributed by atoms with Crippen LogP contribution in [0.4, 0.5) is 0 Å². The molecule has 0 radical (unpaired) electrons. The quantitative estimate of drug-likeness (QED) is 0.245. The van der Waals surface area contributed by atoms with E-state index in [2.05, 4.69) is 36.4 Å². The van der Waals surface area contributed by atoms with Gasteiger partial charge in [-0.1, -0.05) is 0 Å². The van der Waals surface area contributed by atoms with E-state index in [1.54, 1.807) is 6.92 Å². The molecule has 0 bridgehead atoms. The van der Waals surface area contributed by atoms with Gasteiger partial charge in [-0.3, -0.25) is 0 Å². The van der Waals surface area contributed by atoms with Crippen LogP contribution in [0.5, 0.6) is 0 Å². The summed E-state index contributed by atoms with van der Waals surface area (Å²) in [7, 11) is 0.